The van der Waals surface area contributed by atoms with Gasteiger partial charge in [0.25, 0.3) is 0 Å². The fourth-order valence-corrected chi connectivity index (χ4v) is 3.75. The maximum Gasteiger partial charge on any atom is 0.416 e. The molecule has 1 atom stereocenters. The first-order valence-corrected chi connectivity index (χ1v) is 10.2. The second kappa shape index (κ2) is 8.96. The lowest BCUT2D eigenvalue weighted by molar-refractivity contribution is -0.137. The Labute approximate surface area is 189 Å². The molecule has 0 fully saturated rings. The molecule has 5 nitrogen and oxygen atoms in total. The topological polar surface area (TPSA) is 65.1 Å². The summed E-state index contributed by atoms with van der Waals surface area (Å²) in [5.41, 5.74) is 0.622. The summed E-state index contributed by atoms with van der Waals surface area (Å²) in [4.78, 5) is 6.14. The molecule has 8 heteroatoms. The molecule has 1 N–H and O–H groups in total. The third-order valence-corrected chi connectivity index (χ3v) is 5.43. The van der Waals surface area contributed by atoms with E-state index in [1.807, 2.05) is 48.5 Å². The Hall–Kier alpha value is -3.83. The van der Waals surface area contributed by atoms with E-state index in [-0.39, 0.29) is 18.1 Å². The summed E-state index contributed by atoms with van der Waals surface area (Å²) in [7, 11) is 3.56. The maximum absolute atomic E-state index is 13.2. The van der Waals surface area contributed by atoms with Gasteiger partial charge in [-0.25, -0.2) is 0 Å². The summed E-state index contributed by atoms with van der Waals surface area (Å²) in [5, 5.41) is 14.6. The number of nitrogens with zero attached hydrogens (tertiary/aromatic N) is 3. The minimum absolute atomic E-state index is 0.0829. The molecule has 1 aromatic heterocycles. The van der Waals surface area contributed by atoms with Gasteiger partial charge in [0, 0.05) is 12.1 Å². The van der Waals surface area contributed by atoms with Crippen molar-refractivity contribution in [3.63, 3.8) is 0 Å². The van der Waals surface area contributed by atoms with Gasteiger partial charge < -0.3 is 14.6 Å². The second-order valence-electron chi connectivity index (χ2n) is 7.82. The van der Waals surface area contributed by atoms with Crippen molar-refractivity contribution in [3.05, 3.63) is 83.6 Å². The highest BCUT2D eigenvalue weighted by Crippen LogP contribution is 2.33. The Morgan fingerprint density at radius 2 is 1.79 bits per heavy atom. The molecule has 0 saturated carbocycles. The van der Waals surface area contributed by atoms with Crippen LogP contribution in [0.1, 0.15) is 22.9 Å². The van der Waals surface area contributed by atoms with Gasteiger partial charge in [0.2, 0.25) is 17.5 Å². The van der Waals surface area contributed by atoms with Crippen LogP contribution < -0.4 is 5.32 Å². The van der Waals surface area contributed by atoms with Crippen LogP contribution in [-0.4, -0.2) is 30.5 Å². The van der Waals surface area contributed by atoms with E-state index in [9.17, 15) is 18.4 Å². The van der Waals surface area contributed by atoms with Crippen LogP contribution in [0.3, 0.4) is 0 Å². The van der Waals surface area contributed by atoms with Crippen LogP contribution in [0.25, 0.3) is 22.2 Å². The number of anilines is 1. The molecule has 0 radical (unpaired) electrons. The highest BCUT2D eigenvalue weighted by molar-refractivity contribution is 5.94. The van der Waals surface area contributed by atoms with Crippen LogP contribution in [0.5, 0.6) is 0 Å². The van der Waals surface area contributed by atoms with Crippen molar-refractivity contribution in [2.75, 3.05) is 26.0 Å². The number of rotatable bonds is 6. The molecule has 0 aliphatic carbocycles. The standard InChI is InChI=1S/C25H21F3N4O/c1-32(2)22(17-9-5-10-18(13-17)25(26,27)28)15-30-24-21(14-29)31-23(33-24)20-12-6-8-16-7-3-4-11-19(16)20/h3-13,22,30H,15H2,1-2H3/t22-/m0/s1. The summed E-state index contributed by atoms with van der Waals surface area (Å²) in [6.07, 6.45) is -4.42. The normalized spacial score (nSPS) is 12.6. The van der Waals surface area contributed by atoms with E-state index < -0.39 is 17.8 Å². The highest BCUT2D eigenvalue weighted by atomic mass is 19.4. The maximum atomic E-state index is 13.2. The minimum atomic E-state index is -4.42. The van der Waals surface area contributed by atoms with Gasteiger partial charge in [0.1, 0.15) is 6.07 Å². The summed E-state index contributed by atoms with van der Waals surface area (Å²) in [6.45, 7) is 0.215. The molecule has 0 unspecified atom stereocenters. The molecule has 168 valence electrons. The molecule has 1 heterocycles. The lowest BCUT2D eigenvalue weighted by Gasteiger charge is -2.25. The molecular formula is C25H21F3N4O. The number of hydrogen-bond donors (Lipinski definition) is 1. The molecule has 0 aliphatic heterocycles. The van der Waals surface area contributed by atoms with Gasteiger partial charge >= 0.3 is 6.18 Å². The highest BCUT2D eigenvalue weighted by Gasteiger charge is 2.31. The second-order valence-corrected chi connectivity index (χ2v) is 7.82. The van der Waals surface area contributed by atoms with Gasteiger partial charge in [-0.2, -0.15) is 23.4 Å². The molecule has 0 spiro atoms. The molecule has 3 aromatic carbocycles. The number of oxazole rings is 1. The number of benzene rings is 3. The average Bonchev–Trinajstić information content (AvgIpc) is 3.21. The zero-order valence-corrected chi connectivity index (χ0v) is 18.0. The van der Waals surface area contributed by atoms with Gasteiger partial charge in [0.15, 0.2) is 0 Å². The molecule has 0 saturated heterocycles. The predicted octanol–water partition coefficient (Wildman–Crippen LogP) is 6.10. The van der Waals surface area contributed by atoms with E-state index in [1.54, 1.807) is 25.1 Å². The zero-order chi connectivity index (χ0) is 23.6. The summed E-state index contributed by atoms with van der Waals surface area (Å²) in [5.74, 6) is 0.477. The Kier molecular flexibility index (Phi) is 6.07. The number of hydrogen-bond acceptors (Lipinski definition) is 5. The van der Waals surface area contributed by atoms with Crippen LogP contribution >= 0.6 is 0 Å². The number of aromatic nitrogens is 1. The fraction of sp³-hybridized carbons (Fsp3) is 0.200. The van der Waals surface area contributed by atoms with Crippen LogP contribution in [0.4, 0.5) is 19.1 Å². The van der Waals surface area contributed by atoms with E-state index in [4.69, 9.17) is 4.42 Å². The SMILES string of the molecule is CN(C)[C@@H](CNc1oc(-c2cccc3ccccc23)nc1C#N)c1cccc(C(F)(F)F)c1. The lowest BCUT2D eigenvalue weighted by Crippen LogP contribution is -2.27. The van der Waals surface area contributed by atoms with E-state index in [1.165, 1.54) is 6.07 Å². The quantitative estimate of drug-likeness (QED) is 0.385. The van der Waals surface area contributed by atoms with Crippen molar-refractivity contribution < 1.29 is 17.6 Å². The van der Waals surface area contributed by atoms with Gasteiger partial charge in [0.05, 0.1) is 11.6 Å². The Balaban J connectivity index is 1.63. The van der Waals surface area contributed by atoms with Crippen molar-refractivity contribution in [2.24, 2.45) is 0 Å². The summed E-state index contributed by atoms with van der Waals surface area (Å²) in [6, 6.07) is 20.3. The summed E-state index contributed by atoms with van der Waals surface area (Å²) < 4.78 is 45.4. The monoisotopic (exact) mass is 450 g/mol. The van der Waals surface area contributed by atoms with Crippen LogP contribution in [0, 0.1) is 11.3 Å². The van der Waals surface area contributed by atoms with Crippen molar-refractivity contribution in [3.8, 4) is 17.5 Å². The number of nitrogens with one attached hydrogen (secondary N) is 1. The number of alkyl halides is 3. The third kappa shape index (κ3) is 4.69. The van der Waals surface area contributed by atoms with E-state index >= 15 is 0 Å². The first-order chi connectivity index (χ1) is 15.8. The first kappa shape index (κ1) is 22.4. The van der Waals surface area contributed by atoms with Gasteiger partial charge in [-0.1, -0.05) is 48.5 Å². The van der Waals surface area contributed by atoms with Crippen molar-refractivity contribution in [1.82, 2.24) is 9.88 Å². The van der Waals surface area contributed by atoms with Crippen molar-refractivity contribution in [2.45, 2.75) is 12.2 Å². The van der Waals surface area contributed by atoms with E-state index in [0.29, 0.717) is 11.5 Å². The molecule has 0 aliphatic rings. The zero-order valence-electron chi connectivity index (χ0n) is 18.0. The molecule has 4 aromatic rings. The predicted molar refractivity (Wildman–Crippen MR) is 121 cm³/mol. The van der Waals surface area contributed by atoms with Gasteiger partial charge in [-0.3, -0.25) is 0 Å². The molecule has 33 heavy (non-hydrogen) atoms. The van der Waals surface area contributed by atoms with Crippen LogP contribution in [-0.2, 0) is 6.18 Å². The van der Waals surface area contributed by atoms with Crippen LogP contribution in [0.2, 0.25) is 0 Å². The number of nitriles is 1. The average molecular weight is 450 g/mol. The molecular weight excluding hydrogens is 429 g/mol. The largest absolute Gasteiger partial charge is 0.419 e. The van der Waals surface area contributed by atoms with Crippen molar-refractivity contribution in [1.29, 1.82) is 5.26 Å². The Morgan fingerprint density at radius 1 is 1.06 bits per heavy atom. The van der Waals surface area contributed by atoms with E-state index in [0.717, 1.165) is 28.5 Å². The van der Waals surface area contributed by atoms with Gasteiger partial charge in [-0.05, 0) is 48.6 Å². The van der Waals surface area contributed by atoms with Crippen molar-refractivity contribution >= 4 is 16.7 Å². The van der Waals surface area contributed by atoms with Crippen LogP contribution in [0.15, 0.2) is 71.1 Å². The minimum Gasteiger partial charge on any atom is -0.419 e. The Morgan fingerprint density at radius 3 is 2.52 bits per heavy atom. The third-order valence-electron chi connectivity index (χ3n) is 5.43. The first-order valence-electron chi connectivity index (χ1n) is 10.2. The van der Waals surface area contributed by atoms with Gasteiger partial charge in [-0.15, -0.1) is 0 Å². The number of fused-ring (bicyclic) bond motifs is 1. The lowest BCUT2D eigenvalue weighted by atomic mass is 10.0. The molecule has 4 rings (SSSR count). The number of likely N-dealkylation sites (N-methyl/N-ethyl adjacent to an activating group) is 1. The molecule has 0 bridgehead atoms. The van der Waals surface area contributed by atoms with E-state index in [2.05, 4.69) is 10.3 Å². The fourth-order valence-electron chi connectivity index (χ4n) is 3.75. The number of halogens is 3. The Bertz CT molecular complexity index is 1320. The summed E-state index contributed by atoms with van der Waals surface area (Å²) >= 11 is 0. The molecule has 0 amide bonds. The smallest absolute Gasteiger partial charge is 0.416 e.